The molecule has 0 N–H and O–H groups in total. The highest BCUT2D eigenvalue weighted by Crippen LogP contribution is 2.36. The molecule has 0 amide bonds. The Hall–Kier alpha value is -0.610. The zero-order valence-corrected chi connectivity index (χ0v) is 10.8. The van der Waals surface area contributed by atoms with Gasteiger partial charge in [-0.1, -0.05) is 13.3 Å². The summed E-state index contributed by atoms with van der Waals surface area (Å²) in [5, 5.41) is 0. The smallest absolute Gasteiger partial charge is 0.338 e. The Morgan fingerprint density at radius 3 is 2.38 bits per heavy atom. The van der Waals surface area contributed by atoms with Crippen LogP contribution in [0.2, 0.25) is 0 Å². The second kappa shape index (κ2) is 4.72. The van der Waals surface area contributed by atoms with Gasteiger partial charge in [-0.25, -0.2) is 4.79 Å². The summed E-state index contributed by atoms with van der Waals surface area (Å²) in [6.07, 6.45) is 1.24. The van der Waals surface area contributed by atoms with Gasteiger partial charge < -0.3 is 14.2 Å². The maximum Gasteiger partial charge on any atom is 0.338 e. The van der Waals surface area contributed by atoms with Crippen LogP contribution in [0.5, 0.6) is 0 Å². The molecule has 0 aromatic heterocycles. The average molecular weight is 230 g/mol. The van der Waals surface area contributed by atoms with E-state index in [4.69, 9.17) is 14.2 Å². The molecule has 0 aromatic rings. The fraction of sp³-hybridized carbons (Fsp3) is 0.917. The molecular weight excluding hydrogens is 208 g/mol. The lowest BCUT2D eigenvalue weighted by Gasteiger charge is -2.22. The van der Waals surface area contributed by atoms with E-state index in [0.29, 0.717) is 6.61 Å². The zero-order chi connectivity index (χ0) is 12.4. The summed E-state index contributed by atoms with van der Waals surface area (Å²) in [4.78, 5) is 11.8. The lowest BCUT2D eigenvalue weighted by atomic mass is 10.0. The number of unbranched alkanes of at least 4 members (excludes halogenated alkanes) is 1. The largest absolute Gasteiger partial charge is 0.464 e. The summed E-state index contributed by atoms with van der Waals surface area (Å²) in [5.41, 5.74) is -0.632. The number of carbonyl (C=O) groups is 1. The van der Waals surface area contributed by atoms with E-state index in [-0.39, 0.29) is 5.97 Å². The Kier molecular flexibility index (Phi) is 3.97. The molecule has 1 fully saturated rings. The first kappa shape index (κ1) is 13.5. The third-order valence-electron chi connectivity index (χ3n) is 2.50. The number of esters is 1. The van der Waals surface area contributed by atoms with E-state index in [2.05, 4.69) is 6.92 Å². The highest BCUT2D eigenvalue weighted by molar-refractivity contribution is 5.76. The van der Waals surface area contributed by atoms with Crippen LogP contribution >= 0.6 is 0 Å². The van der Waals surface area contributed by atoms with Crippen molar-refractivity contribution < 1.29 is 19.0 Å². The van der Waals surface area contributed by atoms with Crippen LogP contribution < -0.4 is 0 Å². The van der Waals surface area contributed by atoms with Gasteiger partial charge in [-0.15, -0.1) is 0 Å². The van der Waals surface area contributed by atoms with Crippen molar-refractivity contribution >= 4 is 5.97 Å². The van der Waals surface area contributed by atoms with E-state index in [1.807, 2.05) is 13.8 Å². The van der Waals surface area contributed by atoms with Crippen molar-refractivity contribution in [3.63, 3.8) is 0 Å². The third-order valence-corrected chi connectivity index (χ3v) is 2.50. The lowest BCUT2D eigenvalue weighted by Crippen LogP contribution is -2.40. The van der Waals surface area contributed by atoms with Gasteiger partial charge in [0.2, 0.25) is 0 Å². The maximum atomic E-state index is 11.8. The van der Waals surface area contributed by atoms with E-state index in [9.17, 15) is 4.79 Å². The minimum absolute atomic E-state index is 0.330. The van der Waals surface area contributed by atoms with Gasteiger partial charge in [-0.2, -0.15) is 0 Å². The van der Waals surface area contributed by atoms with Crippen molar-refractivity contribution in [2.24, 2.45) is 0 Å². The molecule has 1 atom stereocenters. The molecular formula is C12H22O4. The molecule has 1 aliphatic heterocycles. The number of ether oxygens (including phenoxy) is 3. The van der Waals surface area contributed by atoms with Gasteiger partial charge >= 0.3 is 5.97 Å². The Balaban J connectivity index is 2.56. The predicted octanol–water partition coefficient (Wildman–Crippen LogP) is 2.26. The maximum absolute atomic E-state index is 11.8. The topological polar surface area (TPSA) is 44.8 Å². The van der Waals surface area contributed by atoms with Crippen molar-refractivity contribution in [2.45, 2.75) is 65.0 Å². The Labute approximate surface area is 97.2 Å². The van der Waals surface area contributed by atoms with Crippen LogP contribution in [0.3, 0.4) is 0 Å². The second-order valence-corrected chi connectivity index (χ2v) is 5.12. The van der Waals surface area contributed by atoms with Gasteiger partial charge in [0, 0.05) is 0 Å². The predicted molar refractivity (Wildman–Crippen MR) is 60.0 cm³/mol. The minimum atomic E-state index is -0.724. The number of rotatable bonds is 4. The Bertz CT molecular complexity index is 258. The highest BCUT2D eigenvalue weighted by Gasteiger charge is 2.51. The van der Waals surface area contributed by atoms with Crippen molar-refractivity contribution in [2.75, 3.05) is 6.61 Å². The summed E-state index contributed by atoms with van der Waals surface area (Å²) < 4.78 is 16.4. The van der Waals surface area contributed by atoms with Gasteiger partial charge in [0.15, 0.2) is 11.9 Å². The van der Waals surface area contributed by atoms with Crippen LogP contribution in [-0.4, -0.2) is 30.1 Å². The van der Waals surface area contributed by atoms with Crippen molar-refractivity contribution in [3.8, 4) is 0 Å². The summed E-state index contributed by atoms with van der Waals surface area (Å²) in [7, 11) is 0. The van der Waals surface area contributed by atoms with Gasteiger partial charge in [0.25, 0.3) is 0 Å². The van der Waals surface area contributed by atoms with Crippen molar-refractivity contribution in [1.82, 2.24) is 0 Å². The van der Waals surface area contributed by atoms with Gasteiger partial charge in [-0.05, 0) is 34.1 Å². The van der Waals surface area contributed by atoms with Crippen LogP contribution in [0.1, 0.15) is 47.5 Å². The van der Waals surface area contributed by atoms with Crippen LogP contribution in [-0.2, 0) is 19.0 Å². The third kappa shape index (κ3) is 3.19. The fourth-order valence-electron chi connectivity index (χ4n) is 1.86. The minimum Gasteiger partial charge on any atom is -0.464 e. The van der Waals surface area contributed by atoms with Crippen molar-refractivity contribution in [3.05, 3.63) is 0 Å². The van der Waals surface area contributed by atoms with Gasteiger partial charge in [0.1, 0.15) is 5.60 Å². The Morgan fingerprint density at radius 2 is 1.94 bits per heavy atom. The number of carbonyl (C=O) groups excluding carboxylic acids is 1. The molecule has 1 rings (SSSR count). The first-order chi connectivity index (χ1) is 7.28. The molecule has 1 heterocycles. The monoisotopic (exact) mass is 230 g/mol. The average Bonchev–Trinajstić information content (AvgIpc) is 2.34. The molecule has 1 aliphatic rings. The molecule has 0 aromatic carbocycles. The van der Waals surface area contributed by atoms with Crippen LogP contribution in [0.4, 0.5) is 0 Å². The first-order valence-corrected chi connectivity index (χ1v) is 5.83. The summed E-state index contributed by atoms with van der Waals surface area (Å²) in [6, 6.07) is 0. The molecule has 0 bridgehead atoms. The molecule has 0 unspecified atom stereocenters. The molecule has 94 valence electrons. The van der Waals surface area contributed by atoms with Crippen LogP contribution in [0, 0.1) is 0 Å². The van der Waals surface area contributed by atoms with E-state index in [0.717, 1.165) is 12.8 Å². The molecule has 0 spiro atoms. The molecule has 0 aliphatic carbocycles. The quantitative estimate of drug-likeness (QED) is 0.549. The van der Waals surface area contributed by atoms with Crippen LogP contribution in [0.15, 0.2) is 0 Å². The lowest BCUT2D eigenvalue weighted by molar-refractivity contribution is -0.171. The van der Waals surface area contributed by atoms with Crippen LogP contribution in [0.25, 0.3) is 0 Å². The molecule has 0 radical (unpaired) electrons. The van der Waals surface area contributed by atoms with Gasteiger partial charge in [-0.3, -0.25) is 0 Å². The Morgan fingerprint density at radius 1 is 1.31 bits per heavy atom. The normalized spacial score (nSPS) is 26.7. The van der Waals surface area contributed by atoms with Crippen molar-refractivity contribution in [1.29, 1.82) is 0 Å². The molecule has 4 heteroatoms. The SMILES string of the molecule is CCCCOC(=O)[C@@H]1OC(C)(C)OC1(C)C. The van der Waals surface area contributed by atoms with E-state index in [1.165, 1.54) is 0 Å². The summed E-state index contributed by atoms with van der Waals surface area (Å²) in [5.74, 6) is -1.05. The first-order valence-electron chi connectivity index (χ1n) is 5.83. The molecule has 1 saturated heterocycles. The molecule has 16 heavy (non-hydrogen) atoms. The second-order valence-electron chi connectivity index (χ2n) is 5.12. The summed E-state index contributed by atoms with van der Waals surface area (Å²) in [6.45, 7) is 9.78. The van der Waals surface area contributed by atoms with Gasteiger partial charge in [0.05, 0.1) is 6.61 Å². The standard InChI is InChI=1S/C12H22O4/c1-6-7-8-14-10(13)9-11(2,3)16-12(4,5)15-9/h9H,6-8H2,1-5H3/t9-/m0/s1. The van der Waals surface area contributed by atoms with E-state index >= 15 is 0 Å². The fourth-order valence-corrected chi connectivity index (χ4v) is 1.86. The number of hydrogen-bond acceptors (Lipinski definition) is 4. The van der Waals surface area contributed by atoms with E-state index < -0.39 is 17.5 Å². The highest BCUT2D eigenvalue weighted by atomic mass is 16.8. The van der Waals surface area contributed by atoms with E-state index in [1.54, 1.807) is 13.8 Å². The summed E-state index contributed by atoms with van der Waals surface area (Å²) >= 11 is 0. The zero-order valence-electron chi connectivity index (χ0n) is 10.8. The molecule has 4 nitrogen and oxygen atoms in total. The molecule has 0 saturated carbocycles. The number of hydrogen-bond donors (Lipinski definition) is 0.